The molecule has 0 atom stereocenters. The molecule has 0 aromatic carbocycles. The Hall–Kier alpha value is -3.72. The van der Waals surface area contributed by atoms with Crippen LogP contribution in [-0.2, 0) is 6.54 Å². The smallest absolute Gasteiger partial charge is 0.266 e. The van der Waals surface area contributed by atoms with Crippen molar-refractivity contribution in [1.82, 2.24) is 34.6 Å². The minimum absolute atomic E-state index is 0.0856. The van der Waals surface area contributed by atoms with Crippen molar-refractivity contribution < 1.29 is 0 Å². The summed E-state index contributed by atoms with van der Waals surface area (Å²) in [6, 6.07) is 9.09. The first-order chi connectivity index (χ1) is 15.3. The molecular formula is C22H22N8O. The molecular weight excluding hydrogens is 392 g/mol. The van der Waals surface area contributed by atoms with Crippen LogP contribution in [0.3, 0.4) is 0 Å². The van der Waals surface area contributed by atoms with Crippen LogP contribution in [0.5, 0.6) is 0 Å². The highest BCUT2D eigenvalue weighted by molar-refractivity contribution is 5.88. The lowest BCUT2D eigenvalue weighted by Gasteiger charge is -2.35. The first-order valence-corrected chi connectivity index (χ1v) is 10.3. The quantitative estimate of drug-likeness (QED) is 0.485. The fourth-order valence-electron chi connectivity index (χ4n) is 3.85. The number of pyridine rings is 2. The number of nitrogens with zero attached hydrogens (tertiary/aromatic N) is 8. The van der Waals surface area contributed by atoms with Crippen molar-refractivity contribution in [3.63, 3.8) is 0 Å². The van der Waals surface area contributed by atoms with Gasteiger partial charge in [0.2, 0.25) is 0 Å². The van der Waals surface area contributed by atoms with Crippen LogP contribution in [0.4, 0.5) is 5.82 Å². The summed E-state index contributed by atoms with van der Waals surface area (Å²) in [5.74, 6) is 0.954. The van der Waals surface area contributed by atoms with Gasteiger partial charge in [-0.15, -0.1) is 0 Å². The molecule has 156 valence electrons. The molecule has 1 fully saturated rings. The highest BCUT2D eigenvalue weighted by Crippen LogP contribution is 2.22. The highest BCUT2D eigenvalue weighted by Gasteiger charge is 2.20. The molecule has 9 nitrogen and oxygen atoms in total. The number of piperazine rings is 1. The molecule has 4 aromatic heterocycles. The number of hydrogen-bond acceptors (Lipinski definition) is 8. The highest BCUT2D eigenvalue weighted by atomic mass is 16.1. The van der Waals surface area contributed by atoms with Gasteiger partial charge in [-0.05, 0) is 24.3 Å². The molecule has 4 aromatic rings. The lowest BCUT2D eigenvalue weighted by molar-refractivity contribution is 0.242. The van der Waals surface area contributed by atoms with E-state index in [0.717, 1.165) is 60.7 Å². The van der Waals surface area contributed by atoms with Crippen molar-refractivity contribution >= 4 is 16.7 Å². The second kappa shape index (κ2) is 8.57. The van der Waals surface area contributed by atoms with Gasteiger partial charge in [-0.1, -0.05) is 0 Å². The Labute approximate surface area is 179 Å². The molecule has 1 saturated heterocycles. The Morgan fingerprint density at radius 1 is 0.839 bits per heavy atom. The van der Waals surface area contributed by atoms with Crippen LogP contribution in [0.2, 0.25) is 0 Å². The van der Waals surface area contributed by atoms with Crippen LogP contribution in [0.25, 0.3) is 22.2 Å². The van der Waals surface area contributed by atoms with E-state index in [-0.39, 0.29) is 5.56 Å². The average molecular weight is 414 g/mol. The fourth-order valence-corrected chi connectivity index (χ4v) is 3.85. The molecule has 0 unspecified atom stereocenters. The first-order valence-electron chi connectivity index (χ1n) is 10.3. The molecule has 0 bridgehead atoms. The van der Waals surface area contributed by atoms with Crippen LogP contribution in [-0.4, -0.2) is 67.3 Å². The summed E-state index contributed by atoms with van der Waals surface area (Å²) in [6.07, 6.45) is 8.59. The molecule has 5 rings (SSSR count). The number of aromatic nitrogens is 6. The van der Waals surface area contributed by atoms with E-state index in [2.05, 4.69) is 34.8 Å². The Balaban J connectivity index is 1.23. The molecule has 9 heteroatoms. The molecule has 0 N–H and O–H groups in total. The molecule has 0 saturated carbocycles. The van der Waals surface area contributed by atoms with Crippen LogP contribution in [0, 0.1) is 0 Å². The van der Waals surface area contributed by atoms with Crippen LogP contribution < -0.4 is 10.5 Å². The molecule has 5 heterocycles. The first kappa shape index (κ1) is 19.3. The summed E-state index contributed by atoms with van der Waals surface area (Å²) in [5, 5.41) is 5.56. The predicted octanol–water partition coefficient (Wildman–Crippen LogP) is 1.47. The Morgan fingerprint density at radius 2 is 1.65 bits per heavy atom. The zero-order chi connectivity index (χ0) is 21.0. The van der Waals surface area contributed by atoms with Gasteiger partial charge in [0.25, 0.3) is 5.56 Å². The summed E-state index contributed by atoms with van der Waals surface area (Å²) < 4.78 is 1.55. The van der Waals surface area contributed by atoms with Gasteiger partial charge >= 0.3 is 0 Å². The van der Waals surface area contributed by atoms with E-state index in [1.807, 2.05) is 18.2 Å². The number of anilines is 1. The van der Waals surface area contributed by atoms with Gasteiger partial charge in [-0.25, -0.2) is 14.6 Å². The van der Waals surface area contributed by atoms with E-state index in [9.17, 15) is 4.79 Å². The molecule has 0 aliphatic carbocycles. The third-order valence-electron chi connectivity index (χ3n) is 5.56. The second-order valence-corrected chi connectivity index (χ2v) is 7.43. The van der Waals surface area contributed by atoms with Gasteiger partial charge in [0.1, 0.15) is 12.1 Å². The van der Waals surface area contributed by atoms with Gasteiger partial charge in [0, 0.05) is 68.3 Å². The van der Waals surface area contributed by atoms with Crippen LogP contribution in [0.15, 0.2) is 66.2 Å². The van der Waals surface area contributed by atoms with Crippen molar-refractivity contribution in [3.8, 4) is 11.3 Å². The maximum absolute atomic E-state index is 12.3. The Bertz CT molecular complexity index is 1230. The van der Waals surface area contributed by atoms with Gasteiger partial charge in [-0.2, -0.15) is 5.10 Å². The molecule has 31 heavy (non-hydrogen) atoms. The number of hydrogen-bond donors (Lipinski definition) is 0. The summed E-state index contributed by atoms with van der Waals surface area (Å²) in [7, 11) is 0. The van der Waals surface area contributed by atoms with E-state index >= 15 is 0 Å². The van der Waals surface area contributed by atoms with Crippen molar-refractivity contribution in [2.24, 2.45) is 0 Å². The third kappa shape index (κ3) is 4.13. The van der Waals surface area contributed by atoms with E-state index in [4.69, 9.17) is 0 Å². The topological polar surface area (TPSA) is 92.9 Å². The molecule has 0 amide bonds. The van der Waals surface area contributed by atoms with E-state index in [1.54, 1.807) is 47.9 Å². The SMILES string of the molecule is O=c1ccc(-c2ccncc2)nn1CCN1CCN(c2ncnc3cnccc23)CC1. The predicted molar refractivity (Wildman–Crippen MR) is 118 cm³/mol. The standard InChI is InChI=1S/C22H22N8O/c31-21-2-1-19(17-3-6-23-7-4-17)27-30(21)14-11-28-9-12-29(13-10-28)22-18-5-8-24-15-20(18)25-16-26-22/h1-8,15-16H,9-14H2. The normalized spacial score (nSPS) is 14.8. The third-order valence-corrected chi connectivity index (χ3v) is 5.56. The van der Waals surface area contributed by atoms with Crippen LogP contribution >= 0.6 is 0 Å². The average Bonchev–Trinajstić information content (AvgIpc) is 2.84. The molecule has 0 spiro atoms. The van der Waals surface area contributed by atoms with E-state index in [0.29, 0.717) is 6.54 Å². The molecule has 0 radical (unpaired) electrons. The Morgan fingerprint density at radius 3 is 2.48 bits per heavy atom. The zero-order valence-electron chi connectivity index (χ0n) is 17.0. The van der Waals surface area contributed by atoms with Crippen molar-refractivity contribution in [2.45, 2.75) is 6.54 Å². The summed E-state index contributed by atoms with van der Waals surface area (Å²) in [5.41, 5.74) is 2.49. The van der Waals surface area contributed by atoms with Gasteiger partial charge in [-0.3, -0.25) is 19.7 Å². The van der Waals surface area contributed by atoms with Gasteiger partial charge in [0.15, 0.2) is 0 Å². The largest absolute Gasteiger partial charge is 0.353 e. The lowest BCUT2D eigenvalue weighted by Crippen LogP contribution is -2.48. The van der Waals surface area contributed by atoms with Crippen molar-refractivity contribution in [1.29, 1.82) is 0 Å². The maximum Gasteiger partial charge on any atom is 0.266 e. The number of fused-ring (bicyclic) bond motifs is 1. The zero-order valence-corrected chi connectivity index (χ0v) is 17.0. The lowest BCUT2D eigenvalue weighted by atomic mass is 10.2. The maximum atomic E-state index is 12.3. The molecule has 1 aliphatic heterocycles. The van der Waals surface area contributed by atoms with Crippen molar-refractivity contribution in [2.75, 3.05) is 37.6 Å². The molecule has 1 aliphatic rings. The van der Waals surface area contributed by atoms with Crippen LogP contribution in [0.1, 0.15) is 0 Å². The minimum Gasteiger partial charge on any atom is -0.353 e. The summed E-state index contributed by atoms with van der Waals surface area (Å²) in [6.45, 7) is 4.86. The Kier molecular flexibility index (Phi) is 5.32. The number of rotatable bonds is 5. The van der Waals surface area contributed by atoms with Gasteiger partial charge < -0.3 is 4.90 Å². The fraction of sp³-hybridized carbons (Fsp3) is 0.273. The van der Waals surface area contributed by atoms with Crippen molar-refractivity contribution in [3.05, 3.63) is 71.8 Å². The van der Waals surface area contributed by atoms with E-state index in [1.165, 1.54) is 0 Å². The van der Waals surface area contributed by atoms with Gasteiger partial charge in [0.05, 0.1) is 24.0 Å². The second-order valence-electron chi connectivity index (χ2n) is 7.43. The summed E-state index contributed by atoms with van der Waals surface area (Å²) in [4.78, 5) is 33.9. The monoisotopic (exact) mass is 414 g/mol. The van der Waals surface area contributed by atoms with E-state index < -0.39 is 0 Å². The minimum atomic E-state index is -0.0856. The summed E-state index contributed by atoms with van der Waals surface area (Å²) >= 11 is 0.